The highest BCUT2D eigenvalue weighted by molar-refractivity contribution is 5.74. The number of nitrogens with one attached hydrogen (secondary N) is 1. The third kappa shape index (κ3) is 2.92. The summed E-state index contributed by atoms with van der Waals surface area (Å²) < 4.78 is 10.5. The van der Waals surface area contributed by atoms with Crippen molar-refractivity contribution in [2.75, 3.05) is 32.9 Å². The molecule has 0 radical (unpaired) electrons. The van der Waals surface area contributed by atoms with Crippen LogP contribution in [0.15, 0.2) is 0 Å². The van der Waals surface area contributed by atoms with Crippen LogP contribution in [0.25, 0.3) is 0 Å². The first kappa shape index (κ1) is 12.5. The van der Waals surface area contributed by atoms with Crippen LogP contribution in [-0.4, -0.2) is 38.9 Å². The lowest BCUT2D eigenvalue weighted by Crippen LogP contribution is -2.37. The highest BCUT2D eigenvalue weighted by atomic mass is 16.5. The zero-order valence-corrected chi connectivity index (χ0v) is 9.84. The predicted octanol–water partition coefficient (Wildman–Crippen LogP) is 0.812. The second-order valence-corrected chi connectivity index (χ2v) is 4.23. The zero-order chi connectivity index (χ0) is 11.3. The van der Waals surface area contributed by atoms with E-state index in [2.05, 4.69) is 12.2 Å². The Hall–Kier alpha value is -0.610. The van der Waals surface area contributed by atoms with Crippen molar-refractivity contribution in [2.24, 2.45) is 11.3 Å². The third-order valence-electron chi connectivity index (χ3n) is 2.93. The van der Waals surface area contributed by atoms with Crippen molar-refractivity contribution in [3.8, 4) is 0 Å². The molecule has 88 valence electrons. The Morgan fingerprint density at radius 1 is 1.47 bits per heavy atom. The summed E-state index contributed by atoms with van der Waals surface area (Å²) in [5.74, 6) is -0.186. The fourth-order valence-electron chi connectivity index (χ4n) is 1.97. The van der Waals surface area contributed by atoms with Crippen LogP contribution >= 0.6 is 0 Å². The van der Waals surface area contributed by atoms with Crippen molar-refractivity contribution >= 4 is 5.97 Å². The molecule has 0 aromatic heterocycles. The van der Waals surface area contributed by atoms with Gasteiger partial charge in [-0.15, -0.1) is 0 Å². The highest BCUT2D eigenvalue weighted by Gasteiger charge is 2.44. The van der Waals surface area contributed by atoms with Gasteiger partial charge in [-0.25, -0.2) is 0 Å². The molecule has 0 bridgehead atoms. The van der Waals surface area contributed by atoms with Crippen molar-refractivity contribution in [1.29, 1.82) is 0 Å². The SMILES string of the molecule is CCOCC1(C)CNCC1C(=O)OCC. The zero-order valence-electron chi connectivity index (χ0n) is 9.84. The van der Waals surface area contributed by atoms with Crippen molar-refractivity contribution in [3.05, 3.63) is 0 Å². The number of carbonyl (C=O) groups is 1. The van der Waals surface area contributed by atoms with Gasteiger partial charge in [0.1, 0.15) is 0 Å². The molecule has 1 saturated heterocycles. The Balaban J connectivity index is 2.58. The summed E-state index contributed by atoms with van der Waals surface area (Å²) in [6.45, 7) is 9.12. The second-order valence-electron chi connectivity index (χ2n) is 4.23. The maximum absolute atomic E-state index is 11.7. The Morgan fingerprint density at radius 3 is 2.80 bits per heavy atom. The summed E-state index contributed by atoms with van der Waals surface area (Å²) in [5.41, 5.74) is -0.123. The molecular weight excluding hydrogens is 194 g/mol. The van der Waals surface area contributed by atoms with E-state index in [1.165, 1.54) is 0 Å². The van der Waals surface area contributed by atoms with Gasteiger partial charge in [-0.05, 0) is 13.8 Å². The average molecular weight is 215 g/mol. The summed E-state index contributed by atoms with van der Waals surface area (Å²) in [4.78, 5) is 11.7. The third-order valence-corrected chi connectivity index (χ3v) is 2.93. The topological polar surface area (TPSA) is 47.6 Å². The second kappa shape index (κ2) is 5.47. The molecule has 1 N–H and O–H groups in total. The summed E-state index contributed by atoms with van der Waals surface area (Å²) >= 11 is 0. The first-order chi connectivity index (χ1) is 7.14. The lowest BCUT2D eigenvalue weighted by Gasteiger charge is -2.28. The molecule has 0 saturated carbocycles. The van der Waals surface area contributed by atoms with Crippen LogP contribution in [0.3, 0.4) is 0 Å². The van der Waals surface area contributed by atoms with E-state index >= 15 is 0 Å². The molecule has 1 heterocycles. The van der Waals surface area contributed by atoms with E-state index in [1.807, 2.05) is 13.8 Å². The average Bonchev–Trinajstić information content (AvgIpc) is 2.58. The molecule has 1 fully saturated rings. The van der Waals surface area contributed by atoms with Crippen molar-refractivity contribution in [1.82, 2.24) is 5.32 Å². The van der Waals surface area contributed by atoms with E-state index in [0.29, 0.717) is 26.4 Å². The van der Waals surface area contributed by atoms with Crippen LogP contribution in [-0.2, 0) is 14.3 Å². The van der Waals surface area contributed by atoms with E-state index in [9.17, 15) is 4.79 Å². The van der Waals surface area contributed by atoms with E-state index in [0.717, 1.165) is 6.54 Å². The number of hydrogen-bond acceptors (Lipinski definition) is 4. The van der Waals surface area contributed by atoms with E-state index in [4.69, 9.17) is 9.47 Å². The predicted molar refractivity (Wildman–Crippen MR) is 57.6 cm³/mol. The van der Waals surface area contributed by atoms with E-state index in [-0.39, 0.29) is 17.3 Å². The molecular formula is C11H21NO3. The minimum Gasteiger partial charge on any atom is -0.466 e. The Labute approximate surface area is 91.3 Å². The largest absolute Gasteiger partial charge is 0.466 e. The molecule has 0 aromatic carbocycles. The first-order valence-electron chi connectivity index (χ1n) is 5.59. The van der Waals surface area contributed by atoms with Crippen molar-refractivity contribution < 1.29 is 14.3 Å². The van der Waals surface area contributed by atoms with E-state index in [1.54, 1.807) is 0 Å². The molecule has 2 unspecified atom stereocenters. The molecule has 0 amide bonds. The van der Waals surface area contributed by atoms with Crippen LogP contribution in [0, 0.1) is 11.3 Å². The first-order valence-corrected chi connectivity index (χ1v) is 5.59. The number of rotatable bonds is 5. The molecule has 1 rings (SSSR count). The summed E-state index contributed by atoms with van der Waals surface area (Å²) in [6, 6.07) is 0. The lowest BCUT2D eigenvalue weighted by molar-refractivity contribution is -0.152. The van der Waals surface area contributed by atoms with Gasteiger partial charge in [-0.1, -0.05) is 6.92 Å². The molecule has 1 aliphatic rings. The standard InChI is InChI=1S/C11H21NO3/c1-4-14-8-11(3)7-12-6-9(11)10(13)15-5-2/h9,12H,4-8H2,1-3H3. The molecule has 0 aliphatic carbocycles. The van der Waals surface area contributed by atoms with Crippen LogP contribution in [0.5, 0.6) is 0 Å². The maximum Gasteiger partial charge on any atom is 0.310 e. The Bertz CT molecular complexity index is 220. The van der Waals surface area contributed by atoms with Gasteiger partial charge in [0.15, 0.2) is 0 Å². The molecule has 1 aliphatic heterocycles. The number of esters is 1. The van der Waals surface area contributed by atoms with Gasteiger partial charge >= 0.3 is 5.97 Å². The molecule has 4 nitrogen and oxygen atoms in total. The quantitative estimate of drug-likeness (QED) is 0.689. The van der Waals surface area contributed by atoms with Crippen LogP contribution in [0.4, 0.5) is 0 Å². The minimum absolute atomic E-state index is 0.0796. The van der Waals surface area contributed by atoms with Crippen LogP contribution < -0.4 is 5.32 Å². The van der Waals surface area contributed by atoms with E-state index < -0.39 is 0 Å². The van der Waals surface area contributed by atoms with Crippen LogP contribution in [0.1, 0.15) is 20.8 Å². The molecule has 2 atom stereocenters. The molecule has 15 heavy (non-hydrogen) atoms. The fourth-order valence-corrected chi connectivity index (χ4v) is 1.97. The minimum atomic E-state index is -0.123. The van der Waals surface area contributed by atoms with Gasteiger partial charge in [0.05, 0.1) is 19.1 Å². The van der Waals surface area contributed by atoms with Gasteiger partial charge in [-0.2, -0.15) is 0 Å². The van der Waals surface area contributed by atoms with Crippen molar-refractivity contribution in [2.45, 2.75) is 20.8 Å². The molecule has 0 spiro atoms. The summed E-state index contributed by atoms with van der Waals surface area (Å²) in [7, 11) is 0. The number of ether oxygens (including phenoxy) is 2. The summed E-state index contributed by atoms with van der Waals surface area (Å²) in [5, 5.41) is 3.23. The van der Waals surface area contributed by atoms with Gasteiger partial charge < -0.3 is 14.8 Å². The van der Waals surface area contributed by atoms with Gasteiger partial charge in [0.2, 0.25) is 0 Å². The monoisotopic (exact) mass is 215 g/mol. The van der Waals surface area contributed by atoms with Gasteiger partial charge in [0.25, 0.3) is 0 Å². The molecule has 4 heteroatoms. The lowest BCUT2D eigenvalue weighted by atomic mass is 9.81. The summed E-state index contributed by atoms with van der Waals surface area (Å²) in [6.07, 6.45) is 0. The van der Waals surface area contributed by atoms with Gasteiger partial charge in [-0.3, -0.25) is 4.79 Å². The van der Waals surface area contributed by atoms with Crippen LogP contribution in [0.2, 0.25) is 0 Å². The smallest absolute Gasteiger partial charge is 0.310 e. The number of carbonyl (C=O) groups excluding carboxylic acids is 1. The highest BCUT2D eigenvalue weighted by Crippen LogP contribution is 2.32. The Morgan fingerprint density at radius 2 is 2.20 bits per heavy atom. The fraction of sp³-hybridized carbons (Fsp3) is 0.909. The molecule has 0 aromatic rings. The normalized spacial score (nSPS) is 30.5. The van der Waals surface area contributed by atoms with Gasteiger partial charge in [0, 0.05) is 25.1 Å². The van der Waals surface area contributed by atoms with Crippen molar-refractivity contribution in [3.63, 3.8) is 0 Å². The Kier molecular flexibility index (Phi) is 4.54. The number of hydrogen-bond donors (Lipinski definition) is 1. The maximum atomic E-state index is 11.7.